The average Bonchev–Trinajstić information content (AvgIpc) is 2.61. The molecule has 0 bridgehead atoms. The minimum absolute atomic E-state index is 0.112. The van der Waals surface area contributed by atoms with E-state index in [0.717, 1.165) is 5.56 Å². The number of anilines is 1. The molecule has 1 atom stereocenters. The molecule has 1 amide bonds. The largest absolute Gasteiger partial charge is 0.461 e. The third-order valence-corrected chi connectivity index (χ3v) is 3.56. The second-order valence-electron chi connectivity index (χ2n) is 5.25. The van der Waals surface area contributed by atoms with E-state index >= 15 is 0 Å². The number of nitrogens with zero attached hydrogens (tertiary/aromatic N) is 1. The number of rotatable bonds is 6. The molecule has 0 aliphatic carbocycles. The molecule has 0 radical (unpaired) electrons. The highest BCUT2D eigenvalue weighted by Crippen LogP contribution is 2.20. The first-order valence-electron chi connectivity index (χ1n) is 7.45. The molecular weight excluding hydrogens is 342 g/mol. The highest BCUT2D eigenvalue weighted by atomic mass is 35.5. The molecule has 0 aromatic heterocycles. The SMILES string of the molecule is N#Cc1ccc(Cl)cc1NC(=O)[C@@H](N)CC(=O)OCc1ccccc1. The second kappa shape index (κ2) is 8.83. The van der Waals surface area contributed by atoms with E-state index in [9.17, 15) is 9.59 Å². The van der Waals surface area contributed by atoms with Gasteiger partial charge in [-0.3, -0.25) is 9.59 Å². The molecule has 25 heavy (non-hydrogen) atoms. The average molecular weight is 358 g/mol. The fraction of sp³-hybridized carbons (Fsp3) is 0.167. The van der Waals surface area contributed by atoms with Crippen LogP contribution in [0.2, 0.25) is 5.02 Å². The topological polar surface area (TPSA) is 105 Å². The number of carbonyl (C=O) groups is 2. The lowest BCUT2D eigenvalue weighted by atomic mass is 10.1. The maximum Gasteiger partial charge on any atom is 0.308 e. The Hall–Kier alpha value is -2.88. The first-order valence-corrected chi connectivity index (χ1v) is 7.83. The predicted molar refractivity (Wildman–Crippen MR) is 93.6 cm³/mol. The Morgan fingerprint density at radius 2 is 1.96 bits per heavy atom. The molecule has 0 spiro atoms. The second-order valence-corrected chi connectivity index (χ2v) is 5.68. The van der Waals surface area contributed by atoms with Crippen LogP contribution in [-0.4, -0.2) is 17.9 Å². The van der Waals surface area contributed by atoms with Crippen LogP contribution in [0.5, 0.6) is 0 Å². The van der Waals surface area contributed by atoms with Gasteiger partial charge in [0.25, 0.3) is 0 Å². The minimum Gasteiger partial charge on any atom is -0.461 e. The summed E-state index contributed by atoms with van der Waals surface area (Å²) in [6, 6.07) is 14.5. The van der Waals surface area contributed by atoms with Gasteiger partial charge in [0, 0.05) is 5.02 Å². The molecule has 0 aliphatic rings. The van der Waals surface area contributed by atoms with Gasteiger partial charge in [0.15, 0.2) is 0 Å². The number of ether oxygens (including phenoxy) is 1. The number of amides is 1. The quantitative estimate of drug-likeness (QED) is 0.773. The van der Waals surface area contributed by atoms with Gasteiger partial charge in [0.1, 0.15) is 12.7 Å². The molecule has 0 saturated carbocycles. The van der Waals surface area contributed by atoms with Crippen LogP contribution >= 0.6 is 11.6 Å². The predicted octanol–water partition coefficient (Wildman–Crippen LogP) is 2.61. The van der Waals surface area contributed by atoms with E-state index in [1.807, 2.05) is 36.4 Å². The van der Waals surface area contributed by atoms with Gasteiger partial charge in [-0.15, -0.1) is 0 Å². The summed E-state index contributed by atoms with van der Waals surface area (Å²) in [7, 11) is 0. The normalized spacial score (nSPS) is 11.2. The lowest BCUT2D eigenvalue weighted by molar-refractivity contribution is -0.146. The summed E-state index contributed by atoms with van der Waals surface area (Å²) in [4.78, 5) is 23.9. The summed E-state index contributed by atoms with van der Waals surface area (Å²) in [5, 5.41) is 11.9. The number of hydrogen-bond donors (Lipinski definition) is 2. The van der Waals surface area contributed by atoms with Gasteiger partial charge in [-0.05, 0) is 23.8 Å². The fourth-order valence-corrected chi connectivity index (χ4v) is 2.18. The van der Waals surface area contributed by atoms with Crippen molar-refractivity contribution in [1.82, 2.24) is 0 Å². The summed E-state index contributed by atoms with van der Waals surface area (Å²) in [6.07, 6.45) is -0.277. The van der Waals surface area contributed by atoms with Gasteiger partial charge < -0.3 is 15.8 Å². The maximum absolute atomic E-state index is 12.1. The highest BCUT2D eigenvalue weighted by molar-refractivity contribution is 6.31. The van der Waals surface area contributed by atoms with Crippen LogP contribution in [0.1, 0.15) is 17.5 Å². The van der Waals surface area contributed by atoms with Crippen LogP contribution in [0, 0.1) is 11.3 Å². The van der Waals surface area contributed by atoms with E-state index < -0.39 is 17.9 Å². The molecule has 0 unspecified atom stereocenters. The Kier molecular flexibility index (Phi) is 6.52. The van der Waals surface area contributed by atoms with E-state index in [1.54, 1.807) is 0 Å². The zero-order chi connectivity index (χ0) is 18.2. The number of carbonyl (C=O) groups excluding carboxylic acids is 2. The van der Waals surface area contributed by atoms with Crippen molar-refractivity contribution in [2.45, 2.75) is 19.1 Å². The molecule has 0 heterocycles. The van der Waals surface area contributed by atoms with Crippen LogP contribution in [0.15, 0.2) is 48.5 Å². The third-order valence-electron chi connectivity index (χ3n) is 3.33. The van der Waals surface area contributed by atoms with Crippen LogP contribution in [0.25, 0.3) is 0 Å². The Morgan fingerprint density at radius 3 is 2.64 bits per heavy atom. The van der Waals surface area contributed by atoms with Gasteiger partial charge in [-0.1, -0.05) is 41.9 Å². The van der Waals surface area contributed by atoms with Crippen molar-refractivity contribution in [2.24, 2.45) is 5.73 Å². The number of benzene rings is 2. The van der Waals surface area contributed by atoms with Crippen molar-refractivity contribution in [2.75, 3.05) is 5.32 Å². The summed E-state index contributed by atoms with van der Waals surface area (Å²) in [5.74, 6) is -1.19. The minimum atomic E-state index is -1.10. The smallest absolute Gasteiger partial charge is 0.308 e. The van der Waals surface area contributed by atoms with E-state index in [4.69, 9.17) is 27.3 Å². The maximum atomic E-state index is 12.1. The van der Waals surface area contributed by atoms with E-state index in [-0.39, 0.29) is 24.3 Å². The van der Waals surface area contributed by atoms with Crippen molar-refractivity contribution >= 4 is 29.2 Å². The molecule has 0 fully saturated rings. The van der Waals surface area contributed by atoms with E-state index in [0.29, 0.717) is 5.02 Å². The summed E-state index contributed by atoms with van der Waals surface area (Å²) in [5.41, 5.74) is 7.07. The Balaban J connectivity index is 1.89. The van der Waals surface area contributed by atoms with Crippen molar-refractivity contribution in [3.05, 3.63) is 64.7 Å². The molecule has 2 aromatic rings. The molecule has 0 saturated heterocycles. The monoisotopic (exact) mass is 357 g/mol. The zero-order valence-corrected chi connectivity index (χ0v) is 14.0. The van der Waals surface area contributed by atoms with Crippen LogP contribution in [0.3, 0.4) is 0 Å². The molecular formula is C18H16ClN3O3. The molecule has 0 aliphatic heterocycles. The lowest BCUT2D eigenvalue weighted by Crippen LogP contribution is -2.38. The van der Waals surface area contributed by atoms with Crippen molar-refractivity contribution in [3.8, 4) is 6.07 Å². The van der Waals surface area contributed by atoms with Crippen LogP contribution < -0.4 is 11.1 Å². The molecule has 2 rings (SSSR count). The van der Waals surface area contributed by atoms with Crippen molar-refractivity contribution in [1.29, 1.82) is 5.26 Å². The van der Waals surface area contributed by atoms with Gasteiger partial charge in [0.2, 0.25) is 5.91 Å². The summed E-state index contributed by atoms with van der Waals surface area (Å²) < 4.78 is 5.09. The zero-order valence-electron chi connectivity index (χ0n) is 13.2. The number of esters is 1. The van der Waals surface area contributed by atoms with Gasteiger partial charge in [-0.2, -0.15) is 5.26 Å². The van der Waals surface area contributed by atoms with E-state index in [1.165, 1.54) is 18.2 Å². The van der Waals surface area contributed by atoms with Crippen LogP contribution in [0.4, 0.5) is 5.69 Å². The van der Waals surface area contributed by atoms with Crippen LogP contribution in [-0.2, 0) is 20.9 Å². The molecule has 128 valence electrons. The molecule has 7 heteroatoms. The van der Waals surface area contributed by atoms with Gasteiger partial charge >= 0.3 is 5.97 Å². The Labute approximate surface area is 150 Å². The first kappa shape index (κ1) is 18.5. The van der Waals surface area contributed by atoms with Gasteiger partial charge in [0.05, 0.1) is 23.7 Å². The fourth-order valence-electron chi connectivity index (χ4n) is 2.01. The Bertz CT molecular complexity index is 803. The Morgan fingerprint density at radius 1 is 1.24 bits per heavy atom. The highest BCUT2D eigenvalue weighted by Gasteiger charge is 2.20. The summed E-state index contributed by atoms with van der Waals surface area (Å²) >= 11 is 5.85. The number of nitrogens with two attached hydrogens (primary N) is 1. The molecule has 3 N–H and O–H groups in total. The van der Waals surface area contributed by atoms with Crippen molar-refractivity contribution < 1.29 is 14.3 Å². The number of nitriles is 1. The summed E-state index contributed by atoms with van der Waals surface area (Å²) in [6.45, 7) is 0.112. The number of halogens is 1. The third kappa shape index (κ3) is 5.60. The molecule has 6 nitrogen and oxygen atoms in total. The van der Waals surface area contributed by atoms with Gasteiger partial charge in [-0.25, -0.2) is 0 Å². The lowest BCUT2D eigenvalue weighted by Gasteiger charge is -2.13. The first-order chi connectivity index (χ1) is 12.0. The molecule has 2 aromatic carbocycles. The van der Waals surface area contributed by atoms with Crippen molar-refractivity contribution in [3.63, 3.8) is 0 Å². The number of hydrogen-bond acceptors (Lipinski definition) is 5. The standard InChI is InChI=1S/C18H16ClN3O3/c19-14-7-6-13(10-20)16(8-14)22-18(24)15(21)9-17(23)25-11-12-4-2-1-3-5-12/h1-8,15H,9,11,21H2,(H,22,24)/t15-/m0/s1. The number of nitrogens with one attached hydrogen (secondary N) is 1. The van der Waals surface area contributed by atoms with E-state index in [2.05, 4.69) is 5.32 Å².